The summed E-state index contributed by atoms with van der Waals surface area (Å²) in [4.78, 5) is 0. The second kappa shape index (κ2) is 4.35. The highest BCUT2D eigenvalue weighted by Crippen LogP contribution is 2.23. The van der Waals surface area contributed by atoms with Gasteiger partial charge in [0.1, 0.15) is 12.4 Å². The average molecular weight is 199 g/mol. The monoisotopic (exact) mass is 199 g/mol. The topological polar surface area (TPSA) is 46.5 Å². The van der Waals surface area contributed by atoms with E-state index in [0.717, 1.165) is 5.57 Å². The summed E-state index contributed by atoms with van der Waals surface area (Å²) >= 11 is 0. The summed E-state index contributed by atoms with van der Waals surface area (Å²) in [5, 5.41) is 9.44. The van der Waals surface area contributed by atoms with Gasteiger partial charge in [0.2, 0.25) is 0 Å². The Morgan fingerprint density at radius 2 is 2.38 bits per heavy atom. The fourth-order valence-corrected chi connectivity index (χ4v) is 1.31. The molecule has 3 nitrogen and oxygen atoms in total. The van der Waals surface area contributed by atoms with Crippen molar-refractivity contribution in [3.05, 3.63) is 35.6 Å². The zero-order valence-electron chi connectivity index (χ0n) is 7.49. The Balaban J connectivity index is 2.59. The van der Waals surface area contributed by atoms with Gasteiger partial charge < -0.3 is 5.11 Å². The maximum Gasteiger partial charge on any atom is 0.505 e. The van der Waals surface area contributed by atoms with E-state index in [-0.39, 0.29) is 12.4 Å². The molecule has 0 radical (unpaired) electrons. The van der Waals surface area contributed by atoms with Crippen LogP contribution in [-0.4, -0.2) is 18.4 Å². The van der Waals surface area contributed by atoms with Crippen LogP contribution in [0.3, 0.4) is 0 Å². The van der Waals surface area contributed by atoms with Crippen molar-refractivity contribution in [2.45, 2.75) is 6.42 Å². The first-order chi connectivity index (χ1) is 6.09. The highest BCUT2D eigenvalue weighted by atomic mass is 31.1. The number of rotatable bonds is 3. The first kappa shape index (κ1) is 10.2. The van der Waals surface area contributed by atoms with Crippen molar-refractivity contribution in [1.82, 2.24) is 0 Å². The summed E-state index contributed by atoms with van der Waals surface area (Å²) in [5.41, 5.74) is 1.54. The molecule has 0 aromatic rings. The molecule has 70 valence electrons. The molecule has 0 heterocycles. The second-order valence-corrected chi connectivity index (χ2v) is 3.99. The SMILES string of the molecule is C=C1C=CC(CO[P+](C)=O)=C(O)C1. The predicted molar refractivity (Wildman–Crippen MR) is 52.0 cm³/mol. The molecule has 0 saturated heterocycles. The van der Waals surface area contributed by atoms with Gasteiger partial charge in [-0.1, -0.05) is 18.7 Å². The van der Waals surface area contributed by atoms with Crippen molar-refractivity contribution in [1.29, 1.82) is 0 Å². The molecule has 0 amide bonds. The second-order valence-electron chi connectivity index (χ2n) is 2.85. The van der Waals surface area contributed by atoms with Crippen molar-refractivity contribution >= 4 is 8.03 Å². The molecule has 1 aliphatic carbocycles. The van der Waals surface area contributed by atoms with Crippen LogP contribution in [0.15, 0.2) is 35.6 Å². The van der Waals surface area contributed by atoms with E-state index in [1.165, 1.54) is 6.66 Å². The molecule has 1 N–H and O–H groups in total. The van der Waals surface area contributed by atoms with Crippen molar-refractivity contribution in [2.24, 2.45) is 0 Å². The third-order valence-electron chi connectivity index (χ3n) is 1.69. The number of hydrogen-bond acceptors (Lipinski definition) is 3. The minimum absolute atomic E-state index is 0.196. The lowest BCUT2D eigenvalue weighted by Gasteiger charge is -2.09. The fraction of sp³-hybridized carbons (Fsp3) is 0.333. The van der Waals surface area contributed by atoms with Gasteiger partial charge in [-0.3, -0.25) is 0 Å². The van der Waals surface area contributed by atoms with Crippen molar-refractivity contribution < 1.29 is 14.2 Å². The standard InChI is InChI=1S/C9H11O3P/c1-7-3-4-8(9(10)5-7)6-12-13(2)11/h3-4H,1,5-6H2,2H3/p+1. The van der Waals surface area contributed by atoms with E-state index in [4.69, 9.17) is 4.52 Å². The van der Waals surface area contributed by atoms with Gasteiger partial charge in [-0.05, 0) is 10.1 Å². The maximum atomic E-state index is 10.6. The van der Waals surface area contributed by atoms with Crippen LogP contribution in [0.25, 0.3) is 0 Å². The fourth-order valence-electron chi connectivity index (χ4n) is 0.994. The van der Waals surface area contributed by atoms with Crippen LogP contribution >= 0.6 is 8.03 Å². The summed E-state index contributed by atoms with van der Waals surface area (Å²) < 4.78 is 15.5. The lowest BCUT2D eigenvalue weighted by molar-refractivity contribution is 0.342. The summed E-state index contributed by atoms with van der Waals surface area (Å²) in [5.74, 6) is 0.254. The lowest BCUT2D eigenvalue weighted by Crippen LogP contribution is -2.00. The summed E-state index contributed by atoms with van der Waals surface area (Å²) in [6.07, 6.45) is 4.01. The van der Waals surface area contributed by atoms with Crippen LogP contribution in [0.1, 0.15) is 6.42 Å². The third kappa shape index (κ3) is 3.13. The van der Waals surface area contributed by atoms with E-state index >= 15 is 0 Å². The molecular weight excluding hydrogens is 187 g/mol. The van der Waals surface area contributed by atoms with Crippen LogP contribution in [0, 0.1) is 0 Å². The molecule has 0 fully saturated rings. The largest absolute Gasteiger partial charge is 0.512 e. The Hall–Kier alpha value is -0.920. The molecule has 1 aliphatic rings. The van der Waals surface area contributed by atoms with E-state index in [1.54, 1.807) is 6.08 Å². The summed E-state index contributed by atoms with van der Waals surface area (Å²) in [6, 6.07) is 0. The Morgan fingerprint density at radius 1 is 1.69 bits per heavy atom. The zero-order valence-corrected chi connectivity index (χ0v) is 8.38. The molecule has 0 saturated carbocycles. The first-order valence-corrected chi connectivity index (χ1v) is 5.52. The summed E-state index contributed by atoms with van der Waals surface area (Å²) in [6.45, 7) is 5.40. The maximum absolute atomic E-state index is 10.6. The van der Waals surface area contributed by atoms with E-state index in [1.807, 2.05) is 6.08 Å². The van der Waals surface area contributed by atoms with Gasteiger partial charge in [-0.15, -0.1) is 4.52 Å². The number of allylic oxidation sites excluding steroid dienone is 2. The minimum atomic E-state index is -1.61. The van der Waals surface area contributed by atoms with Crippen molar-refractivity contribution in [3.8, 4) is 0 Å². The van der Waals surface area contributed by atoms with Crippen molar-refractivity contribution in [3.63, 3.8) is 0 Å². The normalized spacial score (nSPS) is 17.9. The molecular formula is C9H12O3P+. The van der Waals surface area contributed by atoms with Gasteiger partial charge in [-0.25, -0.2) is 0 Å². The smallest absolute Gasteiger partial charge is 0.505 e. The molecule has 0 aromatic carbocycles. The highest BCUT2D eigenvalue weighted by molar-refractivity contribution is 7.38. The van der Waals surface area contributed by atoms with Gasteiger partial charge in [0.15, 0.2) is 6.66 Å². The van der Waals surface area contributed by atoms with E-state index < -0.39 is 8.03 Å². The van der Waals surface area contributed by atoms with Gasteiger partial charge >= 0.3 is 8.03 Å². The summed E-state index contributed by atoms with van der Waals surface area (Å²) in [7, 11) is -1.61. The number of hydrogen-bond donors (Lipinski definition) is 1. The first-order valence-electron chi connectivity index (χ1n) is 3.90. The minimum Gasteiger partial charge on any atom is -0.512 e. The molecule has 0 aromatic heterocycles. The molecule has 0 spiro atoms. The number of aliphatic hydroxyl groups excluding tert-OH is 1. The van der Waals surface area contributed by atoms with Gasteiger partial charge in [-0.2, -0.15) is 0 Å². The van der Waals surface area contributed by atoms with Gasteiger partial charge in [0, 0.05) is 12.0 Å². The van der Waals surface area contributed by atoms with E-state index in [0.29, 0.717) is 12.0 Å². The molecule has 1 unspecified atom stereocenters. The van der Waals surface area contributed by atoms with Crippen LogP contribution in [-0.2, 0) is 9.09 Å². The molecule has 0 aliphatic heterocycles. The van der Waals surface area contributed by atoms with E-state index in [9.17, 15) is 9.67 Å². The van der Waals surface area contributed by atoms with Crippen LogP contribution in [0.5, 0.6) is 0 Å². The Morgan fingerprint density at radius 3 is 2.92 bits per heavy atom. The Labute approximate surface area is 78.3 Å². The van der Waals surface area contributed by atoms with Crippen molar-refractivity contribution in [2.75, 3.05) is 13.3 Å². The van der Waals surface area contributed by atoms with Gasteiger partial charge in [0.05, 0.1) is 0 Å². The van der Waals surface area contributed by atoms with Crippen LogP contribution in [0.2, 0.25) is 0 Å². The molecule has 0 bridgehead atoms. The molecule has 4 heteroatoms. The highest BCUT2D eigenvalue weighted by Gasteiger charge is 2.14. The van der Waals surface area contributed by atoms with Crippen LogP contribution in [0.4, 0.5) is 0 Å². The lowest BCUT2D eigenvalue weighted by atomic mass is 10.0. The molecule has 13 heavy (non-hydrogen) atoms. The number of aliphatic hydroxyl groups is 1. The quantitative estimate of drug-likeness (QED) is 0.711. The zero-order chi connectivity index (χ0) is 9.84. The Bertz CT molecular complexity index is 302. The molecule has 1 rings (SSSR count). The van der Waals surface area contributed by atoms with Gasteiger partial charge in [0.25, 0.3) is 0 Å². The molecule has 1 atom stereocenters. The predicted octanol–water partition coefficient (Wildman–Crippen LogP) is 2.70. The van der Waals surface area contributed by atoms with E-state index in [2.05, 4.69) is 6.58 Å². The Kier molecular flexibility index (Phi) is 3.40. The third-order valence-corrected chi connectivity index (χ3v) is 2.18. The average Bonchev–Trinajstić information content (AvgIpc) is 2.02. The van der Waals surface area contributed by atoms with Crippen LogP contribution < -0.4 is 0 Å².